The minimum absolute atomic E-state index is 0.453. The second-order valence-electron chi connectivity index (χ2n) is 5.35. The van der Waals surface area contributed by atoms with Crippen molar-refractivity contribution in [3.63, 3.8) is 0 Å². The van der Waals surface area contributed by atoms with Crippen LogP contribution in [0.3, 0.4) is 0 Å². The molecule has 0 aromatic heterocycles. The average molecular weight is 290 g/mol. The second-order valence-corrected chi connectivity index (χ2v) is 5.35. The molecule has 1 atom stereocenters. The van der Waals surface area contributed by atoms with Crippen molar-refractivity contribution in [3.05, 3.63) is 0 Å². The summed E-state index contributed by atoms with van der Waals surface area (Å²) in [6.07, 6.45) is 5.06. The third-order valence-corrected chi connectivity index (χ3v) is 3.00. The van der Waals surface area contributed by atoms with Gasteiger partial charge in [-0.3, -0.25) is 5.32 Å². The van der Waals surface area contributed by atoms with Gasteiger partial charge in [-0.2, -0.15) is 0 Å². The lowest BCUT2D eigenvalue weighted by atomic mass is 10.2. The highest BCUT2D eigenvalue weighted by Crippen LogP contribution is 1.98. The standard InChI is InChI=1S/C15H34N2O3/c1-4-5-6-7-9-16-15(18)8-11-19-13-14-20-12-10-17(2)3/h15-16,18H,4-14H2,1-3H3. The van der Waals surface area contributed by atoms with Crippen molar-refractivity contribution in [1.82, 2.24) is 10.2 Å². The molecule has 0 aromatic rings. The first-order valence-corrected chi connectivity index (χ1v) is 7.88. The number of rotatable bonds is 15. The van der Waals surface area contributed by atoms with Crippen molar-refractivity contribution in [1.29, 1.82) is 0 Å². The minimum atomic E-state index is -0.453. The smallest absolute Gasteiger partial charge is 0.107 e. The second kappa shape index (κ2) is 15.2. The first-order chi connectivity index (χ1) is 9.66. The molecule has 0 fully saturated rings. The Kier molecular flexibility index (Phi) is 15.0. The molecule has 2 N–H and O–H groups in total. The number of nitrogens with zero attached hydrogens (tertiary/aromatic N) is 1. The van der Waals surface area contributed by atoms with Crippen molar-refractivity contribution in [3.8, 4) is 0 Å². The quantitative estimate of drug-likeness (QED) is 0.353. The normalized spacial score (nSPS) is 13.1. The van der Waals surface area contributed by atoms with Gasteiger partial charge in [0, 0.05) is 13.0 Å². The fraction of sp³-hybridized carbons (Fsp3) is 1.00. The van der Waals surface area contributed by atoms with E-state index in [0.717, 1.165) is 26.1 Å². The molecule has 0 amide bonds. The number of likely N-dealkylation sites (N-methyl/N-ethyl adjacent to an activating group) is 1. The van der Waals surface area contributed by atoms with Crippen LogP contribution in [0.4, 0.5) is 0 Å². The summed E-state index contributed by atoms with van der Waals surface area (Å²) in [5, 5.41) is 12.8. The molecule has 0 spiro atoms. The summed E-state index contributed by atoms with van der Waals surface area (Å²) in [5.41, 5.74) is 0. The van der Waals surface area contributed by atoms with E-state index in [1.165, 1.54) is 19.3 Å². The zero-order chi connectivity index (χ0) is 15.1. The number of unbranched alkanes of at least 4 members (excludes halogenated alkanes) is 3. The van der Waals surface area contributed by atoms with Crippen LogP contribution in [-0.2, 0) is 9.47 Å². The molecule has 0 heterocycles. The highest BCUT2D eigenvalue weighted by Gasteiger charge is 2.02. The third kappa shape index (κ3) is 15.9. The number of hydrogen-bond donors (Lipinski definition) is 2. The Morgan fingerprint density at radius 2 is 1.70 bits per heavy atom. The fourth-order valence-electron chi connectivity index (χ4n) is 1.69. The molecule has 0 bridgehead atoms. The topological polar surface area (TPSA) is 54.0 Å². The molecule has 0 saturated carbocycles. The summed E-state index contributed by atoms with van der Waals surface area (Å²) in [5.74, 6) is 0. The lowest BCUT2D eigenvalue weighted by Gasteiger charge is -2.13. The van der Waals surface area contributed by atoms with E-state index in [1.54, 1.807) is 0 Å². The van der Waals surface area contributed by atoms with Crippen LogP contribution in [0.15, 0.2) is 0 Å². The highest BCUT2D eigenvalue weighted by atomic mass is 16.5. The van der Waals surface area contributed by atoms with Crippen LogP contribution in [0.1, 0.15) is 39.0 Å². The zero-order valence-corrected chi connectivity index (χ0v) is 13.6. The first-order valence-electron chi connectivity index (χ1n) is 7.88. The van der Waals surface area contributed by atoms with Crippen LogP contribution in [0.2, 0.25) is 0 Å². The Morgan fingerprint density at radius 1 is 1.00 bits per heavy atom. The summed E-state index contributed by atoms with van der Waals surface area (Å²) >= 11 is 0. The maximum absolute atomic E-state index is 9.68. The van der Waals surface area contributed by atoms with Crippen LogP contribution in [-0.4, -0.2) is 69.8 Å². The monoisotopic (exact) mass is 290 g/mol. The predicted octanol–water partition coefficient (Wildman–Crippen LogP) is 1.46. The Bertz CT molecular complexity index is 192. The molecular weight excluding hydrogens is 256 g/mol. The van der Waals surface area contributed by atoms with Gasteiger partial charge >= 0.3 is 0 Å². The van der Waals surface area contributed by atoms with Crippen molar-refractivity contribution >= 4 is 0 Å². The molecular formula is C15H34N2O3. The van der Waals surface area contributed by atoms with Crippen molar-refractivity contribution < 1.29 is 14.6 Å². The molecule has 0 rings (SSSR count). The molecule has 5 nitrogen and oxygen atoms in total. The van der Waals surface area contributed by atoms with Gasteiger partial charge in [-0.15, -0.1) is 0 Å². The van der Waals surface area contributed by atoms with Crippen LogP contribution in [0.25, 0.3) is 0 Å². The van der Waals surface area contributed by atoms with Crippen LogP contribution in [0, 0.1) is 0 Å². The van der Waals surface area contributed by atoms with Gasteiger partial charge in [-0.25, -0.2) is 0 Å². The molecule has 122 valence electrons. The lowest BCUT2D eigenvalue weighted by molar-refractivity contribution is 0.0238. The largest absolute Gasteiger partial charge is 0.379 e. The molecule has 0 aromatic carbocycles. The molecule has 0 aliphatic heterocycles. The number of nitrogens with one attached hydrogen (secondary N) is 1. The molecule has 1 unspecified atom stereocenters. The van der Waals surface area contributed by atoms with E-state index in [1.807, 2.05) is 14.1 Å². The molecule has 0 aliphatic carbocycles. The Hall–Kier alpha value is -0.200. The number of aliphatic hydroxyl groups excluding tert-OH is 1. The van der Waals surface area contributed by atoms with Gasteiger partial charge in [0.05, 0.1) is 26.4 Å². The van der Waals surface area contributed by atoms with E-state index in [4.69, 9.17) is 9.47 Å². The lowest BCUT2D eigenvalue weighted by Crippen LogP contribution is -2.30. The van der Waals surface area contributed by atoms with Gasteiger partial charge in [0.15, 0.2) is 0 Å². The number of ether oxygens (including phenoxy) is 2. The molecule has 0 radical (unpaired) electrons. The Balaban J connectivity index is 3.13. The van der Waals surface area contributed by atoms with Crippen LogP contribution < -0.4 is 5.32 Å². The zero-order valence-electron chi connectivity index (χ0n) is 13.6. The molecule has 0 aliphatic rings. The maximum Gasteiger partial charge on any atom is 0.107 e. The highest BCUT2D eigenvalue weighted by molar-refractivity contribution is 4.54. The van der Waals surface area contributed by atoms with Crippen molar-refractivity contribution in [2.75, 3.05) is 53.6 Å². The van der Waals surface area contributed by atoms with Crippen LogP contribution in [0.5, 0.6) is 0 Å². The van der Waals surface area contributed by atoms with Crippen LogP contribution >= 0.6 is 0 Å². The number of aliphatic hydroxyl groups is 1. The van der Waals surface area contributed by atoms with Crippen molar-refractivity contribution in [2.45, 2.75) is 45.3 Å². The molecule has 20 heavy (non-hydrogen) atoms. The molecule has 0 saturated heterocycles. The third-order valence-electron chi connectivity index (χ3n) is 3.00. The van der Waals surface area contributed by atoms with E-state index in [9.17, 15) is 5.11 Å². The van der Waals surface area contributed by atoms with Crippen molar-refractivity contribution in [2.24, 2.45) is 0 Å². The van der Waals surface area contributed by atoms with E-state index >= 15 is 0 Å². The SMILES string of the molecule is CCCCCCNC(O)CCOCCOCCN(C)C. The maximum atomic E-state index is 9.68. The van der Waals surface area contributed by atoms with E-state index in [-0.39, 0.29) is 0 Å². The summed E-state index contributed by atoms with van der Waals surface area (Å²) in [7, 11) is 4.05. The van der Waals surface area contributed by atoms with Gasteiger partial charge < -0.3 is 19.5 Å². The van der Waals surface area contributed by atoms with E-state index < -0.39 is 6.23 Å². The molecule has 5 heteroatoms. The number of hydrogen-bond acceptors (Lipinski definition) is 5. The summed E-state index contributed by atoms with van der Waals surface area (Å²) in [6, 6.07) is 0. The van der Waals surface area contributed by atoms with Gasteiger partial charge in [0.1, 0.15) is 6.23 Å². The van der Waals surface area contributed by atoms with Gasteiger partial charge in [-0.1, -0.05) is 26.2 Å². The first kappa shape index (κ1) is 19.8. The minimum Gasteiger partial charge on any atom is -0.379 e. The summed E-state index contributed by atoms with van der Waals surface area (Å²) in [4.78, 5) is 2.09. The Morgan fingerprint density at radius 3 is 2.35 bits per heavy atom. The van der Waals surface area contributed by atoms with Gasteiger partial charge in [0.2, 0.25) is 0 Å². The van der Waals surface area contributed by atoms with E-state index in [0.29, 0.717) is 26.2 Å². The fourth-order valence-corrected chi connectivity index (χ4v) is 1.69. The van der Waals surface area contributed by atoms with Gasteiger partial charge in [0.25, 0.3) is 0 Å². The van der Waals surface area contributed by atoms with Gasteiger partial charge in [-0.05, 0) is 27.1 Å². The average Bonchev–Trinajstić information content (AvgIpc) is 2.41. The summed E-state index contributed by atoms with van der Waals surface area (Å²) < 4.78 is 10.8. The Labute approximate surface area is 124 Å². The van der Waals surface area contributed by atoms with E-state index in [2.05, 4.69) is 17.1 Å². The summed E-state index contributed by atoms with van der Waals surface area (Å²) in [6.45, 7) is 6.53. The predicted molar refractivity (Wildman–Crippen MR) is 83.0 cm³/mol.